The van der Waals surface area contributed by atoms with E-state index in [0.717, 1.165) is 0 Å². The first-order valence-electron chi connectivity index (χ1n) is 8.78. The van der Waals surface area contributed by atoms with Crippen LogP contribution in [0.15, 0.2) is 42.5 Å². The van der Waals surface area contributed by atoms with Crippen LogP contribution in [0.5, 0.6) is 5.75 Å². The molecule has 0 spiro atoms. The third-order valence-electron chi connectivity index (χ3n) is 4.22. The van der Waals surface area contributed by atoms with Gasteiger partial charge < -0.3 is 15.4 Å². The summed E-state index contributed by atoms with van der Waals surface area (Å²) in [6.45, 7) is 4.19. The third-order valence-corrected chi connectivity index (χ3v) is 4.78. The standard InChI is InChI=1S/C20H23Cl2N3O3/c1-4-25(12-19(26)23-15-6-5-7-16(11-15)28-3)13(2)20(27)24-18-10-14(21)8-9-17(18)22/h5-11,13H,4,12H2,1-3H3,(H,23,26)(H,24,27). The number of hydrogen-bond donors (Lipinski definition) is 2. The lowest BCUT2D eigenvalue weighted by Gasteiger charge is -2.26. The number of nitrogens with zero attached hydrogens (tertiary/aromatic N) is 1. The average molecular weight is 424 g/mol. The Morgan fingerprint density at radius 3 is 2.57 bits per heavy atom. The molecule has 0 radical (unpaired) electrons. The number of carbonyl (C=O) groups is 2. The molecule has 0 aliphatic heterocycles. The van der Waals surface area contributed by atoms with Crippen LogP contribution in [-0.4, -0.2) is 43.0 Å². The molecule has 0 bridgehead atoms. The van der Waals surface area contributed by atoms with Crippen LogP contribution in [0, 0.1) is 0 Å². The summed E-state index contributed by atoms with van der Waals surface area (Å²) in [4.78, 5) is 26.8. The zero-order valence-corrected chi connectivity index (χ0v) is 17.5. The number of likely N-dealkylation sites (N-methyl/N-ethyl adjacent to an activating group) is 1. The molecule has 0 fully saturated rings. The van der Waals surface area contributed by atoms with Gasteiger partial charge in [0.25, 0.3) is 0 Å². The predicted molar refractivity (Wildman–Crippen MR) is 113 cm³/mol. The second-order valence-corrected chi connectivity index (χ2v) is 6.98. The average Bonchev–Trinajstić information content (AvgIpc) is 2.68. The van der Waals surface area contributed by atoms with Crippen molar-refractivity contribution in [2.24, 2.45) is 0 Å². The van der Waals surface area contributed by atoms with Crippen LogP contribution in [0.1, 0.15) is 13.8 Å². The molecule has 1 atom stereocenters. The number of benzene rings is 2. The van der Waals surface area contributed by atoms with Gasteiger partial charge in [0.2, 0.25) is 11.8 Å². The molecule has 150 valence electrons. The summed E-state index contributed by atoms with van der Waals surface area (Å²) in [5.74, 6) is 0.145. The van der Waals surface area contributed by atoms with E-state index in [0.29, 0.717) is 33.7 Å². The molecule has 28 heavy (non-hydrogen) atoms. The Morgan fingerprint density at radius 1 is 1.14 bits per heavy atom. The van der Waals surface area contributed by atoms with E-state index in [9.17, 15) is 9.59 Å². The lowest BCUT2D eigenvalue weighted by molar-refractivity contribution is -0.123. The molecule has 2 amide bonds. The van der Waals surface area contributed by atoms with Crippen LogP contribution in [0.3, 0.4) is 0 Å². The number of amides is 2. The SMILES string of the molecule is CCN(CC(=O)Nc1cccc(OC)c1)C(C)C(=O)Nc1cc(Cl)ccc1Cl. The van der Waals surface area contributed by atoms with Gasteiger partial charge in [-0.1, -0.05) is 36.2 Å². The molecule has 0 aliphatic carbocycles. The smallest absolute Gasteiger partial charge is 0.241 e. The van der Waals surface area contributed by atoms with Gasteiger partial charge >= 0.3 is 0 Å². The quantitative estimate of drug-likeness (QED) is 0.664. The van der Waals surface area contributed by atoms with E-state index in [2.05, 4.69) is 10.6 Å². The highest BCUT2D eigenvalue weighted by atomic mass is 35.5. The van der Waals surface area contributed by atoms with Crippen molar-refractivity contribution in [3.8, 4) is 5.75 Å². The minimum atomic E-state index is -0.545. The van der Waals surface area contributed by atoms with E-state index in [1.54, 1.807) is 61.4 Å². The fourth-order valence-corrected chi connectivity index (χ4v) is 2.94. The number of nitrogens with one attached hydrogen (secondary N) is 2. The van der Waals surface area contributed by atoms with E-state index in [1.165, 1.54) is 0 Å². The summed E-state index contributed by atoms with van der Waals surface area (Å²) in [6, 6.07) is 11.4. The predicted octanol–water partition coefficient (Wildman–Crippen LogP) is 4.29. The van der Waals surface area contributed by atoms with Crippen LogP contribution in [0.4, 0.5) is 11.4 Å². The molecule has 0 aliphatic rings. The number of anilines is 2. The first-order chi connectivity index (χ1) is 13.3. The van der Waals surface area contributed by atoms with E-state index in [1.807, 2.05) is 6.92 Å². The largest absolute Gasteiger partial charge is 0.497 e. The Hall–Kier alpha value is -2.28. The molecule has 1 unspecified atom stereocenters. The molecule has 0 aromatic heterocycles. The lowest BCUT2D eigenvalue weighted by Crippen LogP contribution is -2.45. The van der Waals surface area contributed by atoms with Crippen molar-refractivity contribution in [3.05, 3.63) is 52.5 Å². The first-order valence-corrected chi connectivity index (χ1v) is 9.53. The fourth-order valence-electron chi connectivity index (χ4n) is 2.60. The Bertz CT molecular complexity index is 845. The minimum absolute atomic E-state index is 0.0611. The van der Waals surface area contributed by atoms with Crippen molar-refractivity contribution in [1.29, 1.82) is 0 Å². The highest BCUT2D eigenvalue weighted by Crippen LogP contribution is 2.25. The molecular formula is C20H23Cl2N3O3. The number of carbonyl (C=O) groups excluding carboxylic acids is 2. The van der Waals surface area contributed by atoms with Gasteiger partial charge in [0.15, 0.2) is 0 Å². The second kappa shape index (κ2) is 10.3. The van der Waals surface area contributed by atoms with Crippen LogP contribution >= 0.6 is 23.2 Å². The maximum atomic E-state index is 12.6. The molecule has 2 aromatic rings. The highest BCUT2D eigenvalue weighted by Gasteiger charge is 2.23. The molecule has 8 heteroatoms. The van der Waals surface area contributed by atoms with Crippen molar-refractivity contribution >= 4 is 46.4 Å². The molecule has 2 aromatic carbocycles. The van der Waals surface area contributed by atoms with Crippen LogP contribution in [-0.2, 0) is 9.59 Å². The summed E-state index contributed by atoms with van der Waals surface area (Å²) >= 11 is 12.1. The number of hydrogen-bond acceptors (Lipinski definition) is 4. The zero-order chi connectivity index (χ0) is 20.7. The number of ether oxygens (including phenoxy) is 1. The summed E-state index contributed by atoms with van der Waals surface area (Å²) in [5.41, 5.74) is 1.06. The van der Waals surface area contributed by atoms with E-state index < -0.39 is 6.04 Å². The van der Waals surface area contributed by atoms with Crippen molar-refractivity contribution in [3.63, 3.8) is 0 Å². The highest BCUT2D eigenvalue weighted by molar-refractivity contribution is 6.35. The molecule has 0 heterocycles. The maximum absolute atomic E-state index is 12.6. The van der Waals surface area contributed by atoms with Gasteiger partial charge in [0.05, 0.1) is 30.4 Å². The Morgan fingerprint density at radius 2 is 1.89 bits per heavy atom. The first kappa shape index (κ1) is 22.0. The van der Waals surface area contributed by atoms with Gasteiger partial charge in [-0.3, -0.25) is 14.5 Å². The van der Waals surface area contributed by atoms with Crippen LogP contribution in [0.25, 0.3) is 0 Å². The van der Waals surface area contributed by atoms with Gasteiger partial charge in [-0.15, -0.1) is 0 Å². The van der Waals surface area contributed by atoms with E-state index in [-0.39, 0.29) is 18.4 Å². The van der Waals surface area contributed by atoms with Crippen molar-refractivity contribution in [1.82, 2.24) is 4.90 Å². The van der Waals surface area contributed by atoms with Gasteiger partial charge in [-0.25, -0.2) is 0 Å². The van der Waals surface area contributed by atoms with Gasteiger partial charge in [-0.05, 0) is 43.8 Å². The molecule has 2 rings (SSSR count). The molecular weight excluding hydrogens is 401 g/mol. The molecule has 0 saturated heterocycles. The fraction of sp³-hybridized carbons (Fsp3) is 0.300. The van der Waals surface area contributed by atoms with Gasteiger partial charge in [0.1, 0.15) is 5.75 Å². The van der Waals surface area contributed by atoms with Gasteiger partial charge in [-0.2, -0.15) is 0 Å². The monoisotopic (exact) mass is 423 g/mol. The Balaban J connectivity index is 1.99. The summed E-state index contributed by atoms with van der Waals surface area (Å²) < 4.78 is 5.15. The summed E-state index contributed by atoms with van der Waals surface area (Å²) in [7, 11) is 1.56. The minimum Gasteiger partial charge on any atom is -0.497 e. The lowest BCUT2D eigenvalue weighted by atomic mass is 10.2. The topological polar surface area (TPSA) is 70.7 Å². The van der Waals surface area contributed by atoms with E-state index >= 15 is 0 Å². The normalized spacial score (nSPS) is 11.8. The Kier molecular flexibility index (Phi) is 8.11. The summed E-state index contributed by atoms with van der Waals surface area (Å²) in [6.07, 6.45) is 0. The summed E-state index contributed by atoms with van der Waals surface area (Å²) in [5, 5.41) is 6.43. The van der Waals surface area contributed by atoms with Crippen molar-refractivity contribution in [2.45, 2.75) is 19.9 Å². The van der Waals surface area contributed by atoms with Gasteiger partial charge in [0, 0.05) is 16.8 Å². The number of rotatable bonds is 8. The van der Waals surface area contributed by atoms with E-state index in [4.69, 9.17) is 27.9 Å². The maximum Gasteiger partial charge on any atom is 0.241 e. The molecule has 6 nitrogen and oxygen atoms in total. The molecule has 0 saturated carbocycles. The van der Waals surface area contributed by atoms with Crippen molar-refractivity contribution in [2.75, 3.05) is 30.8 Å². The Labute approximate surface area is 174 Å². The van der Waals surface area contributed by atoms with Crippen LogP contribution < -0.4 is 15.4 Å². The van der Waals surface area contributed by atoms with Crippen LogP contribution in [0.2, 0.25) is 10.0 Å². The molecule has 2 N–H and O–H groups in total. The number of methoxy groups -OCH3 is 1. The third kappa shape index (κ3) is 6.12. The van der Waals surface area contributed by atoms with Crippen molar-refractivity contribution < 1.29 is 14.3 Å². The second-order valence-electron chi connectivity index (χ2n) is 6.13. The number of halogens is 2. The zero-order valence-electron chi connectivity index (χ0n) is 16.0.